The van der Waals surface area contributed by atoms with Crippen molar-refractivity contribution in [2.45, 2.75) is 32.3 Å². The summed E-state index contributed by atoms with van der Waals surface area (Å²) in [4.78, 5) is 10.1. The highest BCUT2D eigenvalue weighted by Crippen LogP contribution is 2.05. The number of rotatable bonds is 4. The van der Waals surface area contributed by atoms with Crippen LogP contribution in [0.2, 0.25) is 0 Å². The number of hydrogen-bond donors (Lipinski definition) is 1. The molecule has 0 aliphatic carbocycles. The van der Waals surface area contributed by atoms with Crippen molar-refractivity contribution >= 4 is 6.16 Å². The third-order valence-electron chi connectivity index (χ3n) is 1.22. The molecule has 0 fully saturated rings. The van der Waals surface area contributed by atoms with E-state index in [2.05, 4.69) is 10.7 Å². The number of terminal acetylenes is 1. The third kappa shape index (κ3) is 5.28. The summed E-state index contributed by atoms with van der Waals surface area (Å²) in [5, 5.41) is 8.25. The predicted molar refractivity (Wildman–Crippen MR) is 41.3 cm³/mol. The van der Waals surface area contributed by atoms with Gasteiger partial charge in [-0.25, -0.2) is 4.79 Å². The monoisotopic (exact) mass is 156 g/mol. The molecule has 1 atom stereocenters. The molecular formula is C8H12O3. The molecule has 3 heteroatoms. The van der Waals surface area contributed by atoms with Gasteiger partial charge in [-0.15, -0.1) is 12.3 Å². The first kappa shape index (κ1) is 9.83. The number of carboxylic acid groups (broad SMARTS) is 1. The molecule has 3 nitrogen and oxygen atoms in total. The van der Waals surface area contributed by atoms with Crippen LogP contribution in [0.25, 0.3) is 0 Å². The van der Waals surface area contributed by atoms with Crippen molar-refractivity contribution in [3.05, 3.63) is 0 Å². The van der Waals surface area contributed by atoms with E-state index < -0.39 is 6.16 Å². The Morgan fingerprint density at radius 2 is 2.45 bits per heavy atom. The molecule has 0 heterocycles. The van der Waals surface area contributed by atoms with E-state index in [-0.39, 0.29) is 6.10 Å². The molecule has 62 valence electrons. The second-order valence-electron chi connectivity index (χ2n) is 2.20. The number of hydrogen-bond acceptors (Lipinski definition) is 2. The second kappa shape index (κ2) is 5.60. The maximum absolute atomic E-state index is 10.1. The number of carbonyl (C=O) groups is 1. The lowest BCUT2D eigenvalue weighted by Crippen LogP contribution is -2.15. The molecule has 0 aliphatic heterocycles. The van der Waals surface area contributed by atoms with Crippen molar-refractivity contribution in [3.8, 4) is 12.3 Å². The van der Waals surface area contributed by atoms with Gasteiger partial charge in [-0.05, 0) is 6.42 Å². The highest BCUT2D eigenvalue weighted by molar-refractivity contribution is 5.57. The Bertz CT molecular complexity index is 157. The van der Waals surface area contributed by atoms with Gasteiger partial charge in [-0.3, -0.25) is 0 Å². The lowest BCUT2D eigenvalue weighted by Gasteiger charge is -2.10. The van der Waals surface area contributed by atoms with Crippen LogP contribution in [0.3, 0.4) is 0 Å². The van der Waals surface area contributed by atoms with Crippen LogP contribution < -0.4 is 0 Å². The minimum Gasteiger partial charge on any atom is -0.450 e. The van der Waals surface area contributed by atoms with Gasteiger partial charge in [0, 0.05) is 6.42 Å². The van der Waals surface area contributed by atoms with Crippen LogP contribution >= 0.6 is 0 Å². The molecule has 0 radical (unpaired) electrons. The summed E-state index contributed by atoms with van der Waals surface area (Å²) in [5.41, 5.74) is 0. The van der Waals surface area contributed by atoms with E-state index >= 15 is 0 Å². The topological polar surface area (TPSA) is 46.5 Å². The van der Waals surface area contributed by atoms with Crippen LogP contribution in [0, 0.1) is 12.3 Å². The molecule has 0 amide bonds. The van der Waals surface area contributed by atoms with E-state index in [0.717, 1.165) is 6.42 Å². The Morgan fingerprint density at radius 3 is 2.82 bits per heavy atom. The largest absolute Gasteiger partial charge is 0.506 e. The fourth-order valence-electron chi connectivity index (χ4n) is 0.799. The average molecular weight is 156 g/mol. The van der Waals surface area contributed by atoms with Crippen molar-refractivity contribution in [1.82, 2.24) is 0 Å². The molecule has 0 aliphatic rings. The molecule has 11 heavy (non-hydrogen) atoms. The highest BCUT2D eigenvalue weighted by atomic mass is 16.7. The van der Waals surface area contributed by atoms with Gasteiger partial charge in [0.25, 0.3) is 0 Å². The van der Waals surface area contributed by atoms with Crippen molar-refractivity contribution < 1.29 is 14.6 Å². The van der Waals surface area contributed by atoms with Crippen LogP contribution in [0.1, 0.15) is 26.2 Å². The van der Waals surface area contributed by atoms with Gasteiger partial charge in [-0.1, -0.05) is 13.3 Å². The Kier molecular flexibility index (Phi) is 5.01. The molecule has 0 rings (SSSR count). The molecule has 0 bridgehead atoms. The van der Waals surface area contributed by atoms with Crippen LogP contribution in [0.5, 0.6) is 0 Å². The first-order chi connectivity index (χ1) is 5.20. The quantitative estimate of drug-likeness (QED) is 0.499. The summed E-state index contributed by atoms with van der Waals surface area (Å²) >= 11 is 0. The normalized spacial score (nSPS) is 11.6. The molecular weight excluding hydrogens is 144 g/mol. The summed E-state index contributed by atoms with van der Waals surface area (Å²) in [6, 6.07) is 0. The van der Waals surface area contributed by atoms with Crippen LogP contribution in [-0.2, 0) is 4.74 Å². The molecule has 0 aromatic carbocycles. The molecule has 0 spiro atoms. The standard InChI is InChI=1S/C8H12O3/c1-3-5-7(6-4-2)11-8(9)10/h1,7H,4-6H2,2H3,(H,9,10). The van der Waals surface area contributed by atoms with Gasteiger partial charge in [0.15, 0.2) is 0 Å². The molecule has 0 aromatic rings. The molecule has 0 saturated carbocycles. The van der Waals surface area contributed by atoms with E-state index in [1.165, 1.54) is 0 Å². The fraction of sp³-hybridized carbons (Fsp3) is 0.625. The van der Waals surface area contributed by atoms with E-state index in [0.29, 0.717) is 12.8 Å². The van der Waals surface area contributed by atoms with Gasteiger partial charge in [-0.2, -0.15) is 0 Å². The summed E-state index contributed by atoms with van der Waals surface area (Å²) in [7, 11) is 0. The molecule has 0 saturated heterocycles. The Hall–Kier alpha value is -1.17. The lowest BCUT2D eigenvalue weighted by molar-refractivity contribution is 0.0500. The first-order valence-corrected chi connectivity index (χ1v) is 3.53. The summed E-state index contributed by atoms with van der Waals surface area (Å²) in [5.74, 6) is 2.37. The van der Waals surface area contributed by atoms with Crippen molar-refractivity contribution in [1.29, 1.82) is 0 Å². The molecule has 1 N–H and O–H groups in total. The fourth-order valence-corrected chi connectivity index (χ4v) is 0.799. The molecule has 0 aromatic heterocycles. The van der Waals surface area contributed by atoms with Gasteiger partial charge < -0.3 is 9.84 Å². The first-order valence-electron chi connectivity index (χ1n) is 3.53. The lowest BCUT2D eigenvalue weighted by atomic mass is 10.1. The van der Waals surface area contributed by atoms with Crippen molar-refractivity contribution in [2.24, 2.45) is 0 Å². The van der Waals surface area contributed by atoms with Crippen LogP contribution in [-0.4, -0.2) is 17.4 Å². The van der Waals surface area contributed by atoms with Gasteiger partial charge >= 0.3 is 6.16 Å². The SMILES string of the molecule is C#CCC(CCC)OC(=O)O. The zero-order chi connectivity index (χ0) is 8.69. The molecule has 1 unspecified atom stereocenters. The van der Waals surface area contributed by atoms with Gasteiger partial charge in [0.1, 0.15) is 6.10 Å². The average Bonchev–Trinajstić information content (AvgIpc) is 1.87. The van der Waals surface area contributed by atoms with Gasteiger partial charge in [0.05, 0.1) is 0 Å². The van der Waals surface area contributed by atoms with Crippen LogP contribution in [0.15, 0.2) is 0 Å². The van der Waals surface area contributed by atoms with E-state index in [1.807, 2.05) is 6.92 Å². The number of ether oxygens (including phenoxy) is 1. The highest BCUT2D eigenvalue weighted by Gasteiger charge is 2.10. The van der Waals surface area contributed by atoms with Crippen molar-refractivity contribution in [2.75, 3.05) is 0 Å². The summed E-state index contributed by atoms with van der Waals surface area (Å²) in [6.07, 6.45) is 5.36. The van der Waals surface area contributed by atoms with Gasteiger partial charge in [0.2, 0.25) is 0 Å². The zero-order valence-corrected chi connectivity index (χ0v) is 6.54. The van der Waals surface area contributed by atoms with Crippen LogP contribution in [0.4, 0.5) is 4.79 Å². The maximum atomic E-state index is 10.1. The minimum atomic E-state index is -1.25. The smallest absolute Gasteiger partial charge is 0.450 e. The van der Waals surface area contributed by atoms with Crippen molar-refractivity contribution in [3.63, 3.8) is 0 Å². The minimum absolute atomic E-state index is 0.331. The van der Waals surface area contributed by atoms with E-state index in [4.69, 9.17) is 11.5 Å². The van der Waals surface area contributed by atoms with E-state index in [1.54, 1.807) is 0 Å². The second-order valence-corrected chi connectivity index (χ2v) is 2.20. The predicted octanol–water partition coefficient (Wildman–Crippen LogP) is 1.87. The zero-order valence-electron chi connectivity index (χ0n) is 6.54. The Morgan fingerprint density at radius 1 is 1.82 bits per heavy atom. The Balaban J connectivity index is 3.70. The third-order valence-corrected chi connectivity index (χ3v) is 1.22. The summed E-state index contributed by atoms with van der Waals surface area (Å²) in [6.45, 7) is 1.95. The Labute approximate surface area is 66.4 Å². The van der Waals surface area contributed by atoms with E-state index in [9.17, 15) is 4.79 Å². The summed E-state index contributed by atoms with van der Waals surface area (Å²) < 4.78 is 4.51. The maximum Gasteiger partial charge on any atom is 0.506 e.